The molecule has 138 valence electrons. The lowest BCUT2D eigenvalue weighted by Crippen LogP contribution is -2.02. The van der Waals surface area contributed by atoms with Gasteiger partial charge in [-0.05, 0) is 48.0 Å². The van der Waals surface area contributed by atoms with E-state index >= 15 is 0 Å². The summed E-state index contributed by atoms with van der Waals surface area (Å²) < 4.78 is 11.6. The molecule has 0 aliphatic carbocycles. The maximum Gasteiger partial charge on any atom is 0.189 e. The zero-order valence-corrected chi connectivity index (χ0v) is 15.7. The highest BCUT2D eigenvalue weighted by Crippen LogP contribution is 2.26. The van der Waals surface area contributed by atoms with Gasteiger partial charge >= 0.3 is 0 Å². The van der Waals surface area contributed by atoms with Crippen molar-refractivity contribution >= 4 is 34.4 Å². The SMILES string of the molecule is O=C(/C=C/c1cc2ccccc2o1)c1cc(Cl)ccc1OCc1ccccc1. The summed E-state index contributed by atoms with van der Waals surface area (Å²) in [5.74, 6) is 0.904. The first kappa shape index (κ1) is 18.1. The average Bonchev–Trinajstić information content (AvgIpc) is 3.15. The number of carbonyl (C=O) groups excluding carboxylic acids is 1. The van der Waals surface area contributed by atoms with E-state index in [0.717, 1.165) is 16.5 Å². The summed E-state index contributed by atoms with van der Waals surface area (Å²) in [6.07, 6.45) is 3.13. The van der Waals surface area contributed by atoms with E-state index in [9.17, 15) is 4.79 Å². The lowest BCUT2D eigenvalue weighted by Gasteiger charge is -2.10. The van der Waals surface area contributed by atoms with Gasteiger partial charge < -0.3 is 9.15 Å². The smallest absolute Gasteiger partial charge is 0.189 e. The molecule has 0 N–H and O–H groups in total. The van der Waals surface area contributed by atoms with Gasteiger partial charge in [0.15, 0.2) is 5.78 Å². The quantitative estimate of drug-likeness (QED) is 0.277. The Morgan fingerprint density at radius 1 is 0.964 bits per heavy atom. The Labute approximate surface area is 167 Å². The monoisotopic (exact) mass is 388 g/mol. The third-order valence-electron chi connectivity index (χ3n) is 4.29. The molecule has 0 atom stereocenters. The first-order valence-electron chi connectivity index (χ1n) is 8.86. The molecule has 0 bridgehead atoms. The van der Waals surface area contributed by atoms with Gasteiger partial charge in [-0.15, -0.1) is 0 Å². The number of furan rings is 1. The minimum absolute atomic E-state index is 0.203. The molecule has 4 heteroatoms. The summed E-state index contributed by atoms with van der Waals surface area (Å²) in [7, 11) is 0. The molecule has 0 saturated carbocycles. The fraction of sp³-hybridized carbons (Fsp3) is 0.0417. The number of rotatable bonds is 6. The molecule has 0 unspecified atom stereocenters. The van der Waals surface area contributed by atoms with Crippen molar-refractivity contribution in [2.24, 2.45) is 0 Å². The molecule has 4 aromatic rings. The van der Waals surface area contributed by atoms with E-state index in [1.807, 2.05) is 60.7 Å². The maximum atomic E-state index is 12.8. The van der Waals surface area contributed by atoms with Crippen LogP contribution in [0.1, 0.15) is 21.7 Å². The van der Waals surface area contributed by atoms with Gasteiger partial charge in [-0.1, -0.05) is 60.1 Å². The van der Waals surface area contributed by atoms with Crippen molar-refractivity contribution in [3.05, 3.63) is 107 Å². The van der Waals surface area contributed by atoms with E-state index in [1.165, 1.54) is 6.08 Å². The second-order valence-electron chi connectivity index (χ2n) is 6.30. The van der Waals surface area contributed by atoms with Crippen LogP contribution < -0.4 is 4.74 Å². The lowest BCUT2D eigenvalue weighted by molar-refractivity contribution is 0.104. The van der Waals surface area contributed by atoms with Crippen LogP contribution in [0, 0.1) is 0 Å². The number of ketones is 1. The Balaban J connectivity index is 1.55. The summed E-state index contributed by atoms with van der Waals surface area (Å²) in [4.78, 5) is 12.8. The van der Waals surface area contributed by atoms with Gasteiger partial charge in [0.1, 0.15) is 23.7 Å². The molecule has 0 saturated heterocycles. The van der Waals surface area contributed by atoms with E-state index in [0.29, 0.717) is 28.7 Å². The van der Waals surface area contributed by atoms with E-state index < -0.39 is 0 Å². The van der Waals surface area contributed by atoms with E-state index in [1.54, 1.807) is 24.3 Å². The van der Waals surface area contributed by atoms with Crippen molar-refractivity contribution < 1.29 is 13.9 Å². The van der Waals surface area contributed by atoms with E-state index in [2.05, 4.69) is 0 Å². The summed E-state index contributed by atoms with van der Waals surface area (Å²) in [6.45, 7) is 0.371. The predicted octanol–water partition coefficient (Wildman–Crippen LogP) is 6.56. The Hall–Kier alpha value is -3.30. The van der Waals surface area contributed by atoms with Crippen LogP contribution in [0.4, 0.5) is 0 Å². The van der Waals surface area contributed by atoms with Crippen molar-refractivity contribution in [3.63, 3.8) is 0 Å². The van der Waals surface area contributed by atoms with E-state index in [-0.39, 0.29) is 5.78 Å². The third kappa shape index (κ3) is 4.16. The van der Waals surface area contributed by atoms with Crippen molar-refractivity contribution in [2.75, 3.05) is 0 Å². The summed E-state index contributed by atoms with van der Waals surface area (Å²) in [5.41, 5.74) is 2.22. The molecular weight excluding hydrogens is 372 g/mol. The molecule has 1 heterocycles. The Morgan fingerprint density at radius 2 is 1.75 bits per heavy atom. The summed E-state index contributed by atoms with van der Waals surface area (Å²) >= 11 is 6.10. The van der Waals surface area contributed by atoms with Gasteiger partial charge in [0.05, 0.1) is 5.56 Å². The molecule has 3 aromatic carbocycles. The van der Waals surface area contributed by atoms with Gasteiger partial charge in [0.2, 0.25) is 0 Å². The highest BCUT2D eigenvalue weighted by molar-refractivity contribution is 6.31. The molecule has 3 nitrogen and oxygen atoms in total. The van der Waals surface area contributed by atoms with Crippen LogP contribution in [0.3, 0.4) is 0 Å². The largest absolute Gasteiger partial charge is 0.488 e. The molecular formula is C24H17ClO3. The van der Waals surface area contributed by atoms with Crippen LogP contribution in [0.25, 0.3) is 17.0 Å². The van der Waals surface area contributed by atoms with Crippen LogP contribution in [0.15, 0.2) is 89.4 Å². The van der Waals surface area contributed by atoms with Gasteiger partial charge in [-0.25, -0.2) is 0 Å². The number of hydrogen-bond acceptors (Lipinski definition) is 3. The molecule has 4 rings (SSSR count). The molecule has 0 aliphatic rings. The van der Waals surface area contributed by atoms with E-state index in [4.69, 9.17) is 20.8 Å². The lowest BCUT2D eigenvalue weighted by atomic mass is 10.1. The van der Waals surface area contributed by atoms with Gasteiger partial charge in [0, 0.05) is 10.4 Å². The van der Waals surface area contributed by atoms with Crippen molar-refractivity contribution in [1.29, 1.82) is 0 Å². The number of hydrogen-bond donors (Lipinski definition) is 0. The summed E-state index contributed by atoms with van der Waals surface area (Å²) in [6, 6.07) is 24.4. The number of ether oxygens (including phenoxy) is 1. The van der Waals surface area contributed by atoms with Crippen LogP contribution in [-0.4, -0.2) is 5.78 Å². The van der Waals surface area contributed by atoms with Gasteiger partial charge in [-0.3, -0.25) is 4.79 Å². The normalized spacial score (nSPS) is 11.2. The number of halogens is 1. The van der Waals surface area contributed by atoms with Crippen molar-refractivity contribution in [3.8, 4) is 5.75 Å². The molecule has 1 aromatic heterocycles. The standard InChI is InChI=1S/C24H17ClO3/c25-19-10-13-24(27-16-17-6-2-1-3-7-17)21(15-19)22(26)12-11-20-14-18-8-4-5-9-23(18)28-20/h1-15H,16H2/b12-11+. The topological polar surface area (TPSA) is 39.4 Å². The summed E-state index contributed by atoms with van der Waals surface area (Å²) in [5, 5.41) is 1.47. The Morgan fingerprint density at radius 3 is 2.57 bits per heavy atom. The zero-order chi connectivity index (χ0) is 19.3. The third-order valence-corrected chi connectivity index (χ3v) is 4.52. The number of allylic oxidation sites excluding steroid dienone is 1. The molecule has 0 amide bonds. The van der Waals surface area contributed by atoms with Crippen molar-refractivity contribution in [1.82, 2.24) is 0 Å². The fourth-order valence-electron chi connectivity index (χ4n) is 2.89. The fourth-order valence-corrected chi connectivity index (χ4v) is 3.06. The number of benzene rings is 3. The highest BCUT2D eigenvalue weighted by Gasteiger charge is 2.12. The van der Waals surface area contributed by atoms with Crippen LogP contribution in [0.2, 0.25) is 5.02 Å². The predicted molar refractivity (Wildman–Crippen MR) is 112 cm³/mol. The minimum atomic E-state index is -0.203. The Bertz CT molecular complexity index is 1110. The maximum absolute atomic E-state index is 12.8. The number of fused-ring (bicyclic) bond motifs is 1. The zero-order valence-electron chi connectivity index (χ0n) is 15.0. The molecule has 28 heavy (non-hydrogen) atoms. The van der Waals surface area contributed by atoms with Gasteiger partial charge in [-0.2, -0.15) is 0 Å². The van der Waals surface area contributed by atoms with Crippen LogP contribution >= 0.6 is 11.6 Å². The molecule has 0 spiro atoms. The first-order valence-corrected chi connectivity index (χ1v) is 9.24. The first-order chi connectivity index (χ1) is 13.7. The second-order valence-corrected chi connectivity index (χ2v) is 6.74. The highest BCUT2D eigenvalue weighted by atomic mass is 35.5. The molecule has 0 aliphatic heterocycles. The molecule has 0 fully saturated rings. The molecule has 0 radical (unpaired) electrons. The number of carbonyl (C=O) groups is 1. The average molecular weight is 389 g/mol. The minimum Gasteiger partial charge on any atom is -0.488 e. The van der Waals surface area contributed by atoms with Crippen molar-refractivity contribution in [2.45, 2.75) is 6.61 Å². The van der Waals surface area contributed by atoms with Crippen LogP contribution in [0.5, 0.6) is 5.75 Å². The second kappa shape index (κ2) is 8.15. The Kier molecular flexibility index (Phi) is 5.27. The number of para-hydroxylation sites is 1. The van der Waals surface area contributed by atoms with Crippen LogP contribution in [-0.2, 0) is 6.61 Å². The van der Waals surface area contributed by atoms with Gasteiger partial charge in [0.25, 0.3) is 0 Å².